The predicted octanol–water partition coefficient (Wildman–Crippen LogP) is 6.36. The molecule has 274 valence electrons. The SMILES string of the molecule is C=C[C@H](C)C(NC(=O)[C@@H]1CCCN1C(=O)[C@H](CCCC)NC(=O)OCCCCCCCc1ccc2[nH]c(-c3ccccc3)cc(=O)c2c1)C(=O)O. The smallest absolute Gasteiger partial charge is 0.407 e. The first-order chi connectivity index (χ1) is 24.6. The lowest BCUT2D eigenvalue weighted by Gasteiger charge is -2.30. The van der Waals surface area contributed by atoms with E-state index < -0.39 is 42.0 Å². The summed E-state index contributed by atoms with van der Waals surface area (Å²) in [4.78, 5) is 68.7. The third-order valence-electron chi connectivity index (χ3n) is 9.56. The van der Waals surface area contributed by atoms with Gasteiger partial charge < -0.3 is 30.4 Å². The molecule has 11 heteroatoms. The standard InChI is InChI=1S/C40H52N4O7/c1-4-6-19-32(38(47)44-23-15-20-34(44)37(46)43-36(39(48)49)27(3)5-2)42-40(50)51-24-14-9-7-8-11-16-28-21-22-31-30(25-28)35(45)26-33(41-31)29-17-12-10-13-18-29/h5,10,12-13,17-18,21-22,25-27,32,34,36H,2,4,6-9,11,14-16,19-20,23-24H2,1,3H3,(H,41,45)(H,42,50)(H,43,46)(H,48,49)/t27-,32-,34-,36?/m0/s1. The molecule has 0 aliphatic carbocycles. The number of hydrogen-bond acceptors (Lipinski definition) is 6. The molecule has 3 aromatic rings. The Kier molecular flexibility index (Phi) is 14.8. The van der Waals surface area contributed by atoms with E-state index >= 15 is 0 Å². The highest BCUT2D eigenvalue weighted by Gasteiger charge is 2.39. The Hall–Kier alpha value is -4.93. The molecule has 0 spiro atoms. The van der Waals surface area contributed by atoms with Crippen molar-refractivity contribution >= 4 is 34.8 Å². The molecular weight excluding hydrogens is 648 g/mol. The van der Waals surface area contributed by atoms with Gasteiger partial charge in [-0.05, 0) is 61.8 Å². The second-order valence-corrected chi connectivity index (χ2v) is 13.4. The summed E-state index contributed by atoms with van der Waals surface area (Å²) in [7, 11) is 0. The van der Waals surface area contributed by atoms with Gasteiger partial charge in [-0.15, -0.1) is 6.58 Å². The first kappa shape index (κ1) is 38.9. The molecule has 51 heavy (non-hydrogen) atoms. The van der Waals surface area contributed by atoms with Crippen molar-refractivity contribution in [1.29, 1.82) is 0 Å². The number of carbonyl (C=O) groups excluding carboxylic acids is 3. The van der Waals surface area contributed by atoms with Gasteiger partial charge in [-0.1, -0.05) is 88.4 Å². The number of ether oxygens (including phenoxy) is 1. The number of aromatic amines is 1. The molecule has 1 aliphatic rings. The minimum atomic E-state index is -1.17. The van der Waals surface area contributed by atoms with Gasteiger partial charge in [0.15, 0.2) is 5.43 Å². The number of nitrogens with zero attached hydrogens (tertiary/aromatic N) is 1. The van der Waals surface area contributed by atoms with Crippen LogP contribution >= 0.6 is 0 Å². The Morgan fingerprint density at radius 2 is 1.76 bits per heavy atom. The lowest BCUT2D eigenvalue weighted by molar-refractivity contribution is -0.145. The molecule has 11 nitrogen and oxygen atoms in total. The number of rotatable bonds is 19. The van der Waals surface area contributed by atoms with Crippen LogP contribution in [0, 0.1) is 5.92 Å². The van der Waals surface area contributed by atoms with Crippen molar-refractivity contribution in [2.45, 2.75) is 103 Å². The number of benzene rings is 2. The molecule has 3 amide bonds. The van der Waals surface area contributed by atoms with Crippen molar-refractivity contribution in [2.24, 2.45) is 5.92 Å². The van der Waals surface area contributed by atoms with E-state index in [1.807, 2.05) is 49.4 Å². The Bertz CT molecular complexity index is 1710. The van der Waals surface area contributed by atoms with E-state index in [0.717, 1.165) is 60.9 Å². The zero-order chi connectivity index (χ0) is 36.8. The van der Waals surface area contributed by atoms with Crippen LogP contribution in [0.3, 0.4) is 0 Å². The molecule has 1 aliphatic heterocycles. The van der Waals surface area contributed by atoms with Gasteiger partial charge in [-0.25, -0.2) is 9.59 Å². The van der Waals surface area contributed by atoms with Crippen molar-refractivity contribution < 1.29 is 29.0 Å². The van der Waals surface area contributed by atoms with Gasteiger partial charge in [0.1, 0.15) is 18.1 Å². The molecule has 2 heterocycles. The number of likely N-dealkylation sites (tertiary alicyclic amines) is 1. The highest BCUT2D eigenvalue weighted by molar-refractivity contribution is 5.93. The molecule has 2 aromatic carbocycles. The lowest BCUT2D eigenvalue weighted by atomic mass is 10.0. The summed E-state index contributed by atoms with van der Waals surface area (Å²) in [5.41, 5.74) is 3.73. The zero-order valence-corrected chi connectivity index (χ0v) is 29.8. The summed E-state index contributed by atoms with van der Waals surface area (Å²) < 4.78 is 5.41. The summed E-state index contributed by atoms with van der Waals surface area (Å²) in [5, 5.41) is 15.5. The zero-order valence-electron chi connectivity index (χ0n) is 29.8. The third kappa shape index (κ3) is 11.0. The molecule has 0 radical (unpaired) electrons. The third-order valence-corrected chi connectivity index (χ3v) is 9.56. The monoisotopic (exact) mass is 700 g/mol. The lowest BCUT2D eigenvalue weighted by Crippen LogP contribution is -2.56. The molecule has 1 saturated heterocycles. The second kappa shape index (κ2) is 19.5. The number of aromatic nitrogens is 1. The van der Waals surface area contributed by atoms with E-state index in [1.165, 1.54) is 11.0 Å². The number of amides is 3. The largest absolute Gasteiger partial charge is 0.480 e. The number of aryl methyl sites for hydroxylation is 1. The summed E-state index contributed by atoms with van der Waals surface area (Å²) in [6.07, 6.45) is 9.14. The molecule has 0 bridgehead atoms. The van der Waals surface area contributed by atoms with Crippen molar-refractivity contribution in [3.05, 3.63) is 83.0 Å². The predicted molar refractivity (Wildman–Crippen MR) is 198 cm³/mol. The molecule has 1 aromatic heterocycles. The molecule has 4 N–H and O–H groups in total. The maximum atomic E-state index is 13.6. The molecule has 4 atom stereocenters. The Labute approximate surface area is 299 Å². The number of carboxylic acids is 1. The van der Waals surface area contributed by atoms with Gasteiger partial charge in [0.2, 0.25) is 11.8 Å². The number of nitrogens with one attached hydrogen (secondary N) is 3. The van der Waals surface area contributed by atoms with E-state index in [-0.39, 0.29) is 17.9 Å². The maximum Gasteiger partial charge on any atom is 0.407 e. The molecular formula is C40H52N4O7. The fourth-order valence-electron chi connectivity index (χ4n) is 6.51. The van der Waals surface area contributed by atoms with Crippen molar-refractivity contribution in [3.63, 3.8) is 0 Å². The quantitative estimate of drug-likeness (QED) is 0.0838. The Balaban J connectivity index is 1.18. The number of fused-ring (bicyclic) bond motifs is 1. The van der Waals surface area contributed by atoms with Crippen LogP contribution in [0.4, 0.5) is 4.79 Å². The molecule has 1 fully saturated rings. The van der Waals surface area contributed by atoms with Crippen molar-refractivity contribution in [1.82, 2.24) is 20.5 Å². The van der Waals surface area contributed by atoms with E-state index in [0.29, 0.717) is 44.0 Å². The topological polar surface area (TPSA) is 158 Å². The van der Waals surface area contributed by atoms with Crippen LogP contribution in [0.2, 0.25) is 0 Å². The summed E-state index contributed by atoms with van der Waals surface area (Å²) in [5.74, 6) is -2.56. The number of carbonyl (C=O) groups is 4. The number of aliphatic carboxylic acids is 1. The number of H-pyrrole nitrogens is 1. The molecule has 4 rings (SSSR count). The van der Waals surface area contributed by atoms with Crippen LogP contribution in [0.15, 0.2) is 72.0 Å². The van der Waals surface area contributed by atoms with Crippen LogP contribution in [0.1, 0.15) is 83.6 Å². The minimum absolute atomic E-state index is 0.00227. The van der Waals surface area contributed by atoms with Crippen molar-refractivity contribution in [2.75, 3.05) is 13.2 Å². The Morgan fingerprint density at radius 3 is 2.49 bits per heavy atom. The van der Waals surface area contributed by atoms with E-state index in [1.54, 1.807) is 13.0 Å². The summed E-state index contributed by atoms with van der Waals surface area (Å²) in [6.45, 7) is 7.84. The number of carboxylic acid groups (broad SMARTS) is 1. The number of hydrogen-bond donors (Lipinski definition) is 4. The summed E-state index contributed by atoms with van der Waals surface area (Å²) >= 11 is 0. The van der Waals surface area contributed by atoms with Crippen molar-refractivity contribution in [3.8, 4) is 11.3 Å². The van der Waals surface area contributed by atoms with Gasteiger partial charge in [0.05, 0.1) is 6.61 Å². The Morgan fingerprint density at radius 1 is 1.02 bits per heavy atom. The average Bonchev–Trinajstić information content (AvgIpc) is 3.63. The molecule has 1 unspecified atom stereocenters. The average molecular weight is 701 g/mol. The van der Waals surface area contributed by atoms with Gasteiger partial charge in [0.25, 0.3) is 0 Å². The van der Waals surface area contributed by atoms with Gasteiger partial charge >= 0.3 is 12.1 Å². The number of unbranched alkanes of at least 4 members (excludes halogenated alkanes) is 5. The first-order valence-corrected chi connectivity index (χ1v) is 18.2. The van der Waals surface area contributed by atoms with Gasteiger partial charge in [-0.2, -0.15) is 0 Å². The highest BCUT2D eigenvalue weighted by Crippen LogP contribution is 2.22. The van der Waals surface area contributed by atoms with Gasteiger partial charge in [0, 0.05) is 35.1 Å². The normalized spacial score (nSPS) is 15.9. The van der Waals surface area contributed by atoms with Crippen LogP contribution in [-0.2, 0) is 25.5 Å². The van der Waals surface area contributed by atoms with E-state index in [2.05, 4.69) is 28.3 Å². The van der Waals surface area contributed by atoms with Crippen LogP contribution < -0.4 is 16.1 Å². The molecule has 0 saturated carbocycles. The maximum absolute atomic E-state index is 13.6. The number of pyridine rings is 1. The van der Waals surface area contributed by atoms with Crippen LogP contribution in [0.5, 0.6) is 0 Å². The second-order valence-electron chi connectivity index (χ2n) is 13.4. The number of alkyl carbamates (subject to hydrolysis) is 1. The summed E-state index contributed by atoms with van der Waals surface area (Å²) in [6, 6.07) is 14.7. The van der Waals surface area contributed by atoms with Crippen LogP contribution in [-0.4, -0.2) is 70.1 Å². The minimum Gasteiger partial charge on any atom is -0.480 e. The fraction of sp³-hybridized carbons (Fsp3) is 0.475. The first-order valence-electron chi connectivity index (χ1n) is 18.2. The van der Waals surface area contributed by atoms with E-state index in [9.17, 15) is 29.1 Å². The van der Waals surface area contributed by atoms with Crippen LogP contribution in [0.25, 0.3) is 22.2 Å². The fourth-order valence-corrected chi connectivity index (χ4v) is 6.51. The van der Waals surface area contributed by atoms with Gasteiger partial charge in [-0.3, -0.25) is 14.4 Å². The highest BCUT2D eigenvalue weighted by atomic mass is 16.5. The van der Waals surface area contributed by atoms with E-state index in [4.69, 9.17) is 4.74 Å².